The summed E-state index contributed by atoms with van der Waals surface area (Å²) in [5, 5.41) is 11.4. The Morgan fingerprint density at radius 3 is 2.83 bits per heavy atom. The van der Waals surface area contributed by atoms with Gasteiger partial charge in [-0.2, -0.15) is 0 Å². The molecule has 4 N–H and O–H groups in total. The number of epoxide rings is 1. The fraction of sp³-hybridized carbons (Fsp3) is 0.500. The van der Waals surface area contributed by atoms with Gasteiger partial charge in [-0.25, -0.2) is 9.59 Å². The van der Waals surface area contributed by atoms with Crippen molar-refractivity contribution in [3.05, 3.63) is 22.3 Å². The van der Waals surface area contributed by atoms with Gasteiger partial charge in [0.1, 0.15) is 29.2 Å². The number of rotatable bonds is 7. The Labute approximate surface area is 172 Å². The lowest BCUT2D eigenvalue weighted by atomic mass is 9.98. The molecule has 4 aliphatic rings. The number of ether oxygens (including phenoxy) is 3. The van der Waals surface area contributed by atoms with Gasteiger partial charge in [0, 0.05) is 18.4 Å². The number of carboxylic acid groups (broad SMARTS) is 1. The molecule has 2 fully saturated rings. The zero-order valence-corrected chi connectivity index (χ0v) is 16.7. The van der Waals surface area contributed by atoms with Crippen LogP contribution in [0.3, 0.4) is 0 Å². The highest BCUT2D eigenvalue weighted by molar-refractivity contribution is 8.04. The number of carbonyl (C=O) groups is 4. The van der Waals surface area contributed by atoms with E-state index in [1.807, 2.05) is 6.08 Å². The number of β-lactam (4-membered cyclic amide) rings is 1. The molecule has 0 saturated carbocycles. The second kappa shape index (κ2) is 7.23. The Morgan fingerprint density at radius 1 is 1.48 bits per heavy atom. The molecule has 11 nitrogen and oxygen atoms in total. The second-order valence-corrected chi connectivity index (χ2v) is 8.88. The van der Waals surface area contributed by atoms with Gasteiger partial charge in [-0.1, -0.05) is 11.8 Å². The number of nitrogens with two attached hydrogens (primary N) is 1. The number of primary amides is 1. The van der Waals surface area contributed by atoms with Crippen LogP contribution < -0.4 is 11.1 Å². The summed E-state index contributed by atoms with van der Waals surface area (Å²) >= 11 is 2.66. The number of fused-ring (bicyclic) bond motifs is 2. The summed E-state index contributed by atoms with van der Waals surface area (Å²) in [5.74, 6) is -2.32. The minimum Gasteiger partial charge on any atom is -0.477 e. The molecule has 4 atom stereocenters. The van der Waals surface area contributed by atoms with Crippen molar-refractivity contribution in [1.29, 1.82) is 0 Å². The number of hydrogen-bond acceptors (Lipinski definition) is 9. The quantitative estimate of drug-likeness (QED) is 0.267. The third-order valence-corrected chi connectivity index (χ3v) is 7.35. The van der Waals surface area contributed by atoms with Gasteiger partial charge in [0.05, 0.1) is 6.42 Å². The average molecular weight is 443 g/mol. The van der Waals surface area contributed by atoms with Crippen molar-refractivity contribution in [3.8, 4) is 0 Å². The van der Waals surface area contributed by atoms with E-state index in [0.717, 1.165) is 9.81 Å². The van der Waals surface area contributed by atoms with E-state index in [1.54, 1.807) is 0 Å². The Kier molecular flexibility index (Phi) is 5.01. The van der Waals surface area contributed by atoms with E-state index in [-0.39, 0.29) is 41.6 Å². The molecule has 29 heavy (non-hydrogen) atoms. The number of nitrogens with one attached hydrogen (secondary N) is 1. The Bertz CT molecular complexity index is 874. The molecule has 156 valence electrons. The molecule has 0 spiro atoms. The lowest BCUT2D eigenvalue weighted by Gasteiger charge is -2.55. The maximum atomic E-state index is 12.9. The summed E-state index contributed by atoms with van der Waals surface area (Å²) < 4.78 is 15.3. The maximum absolute atomic E-state index is 12.9. The van der Waals surface area contributed by atoms with Crippen LogP contribution in [0.4, 0.5) is 4.79 Å². The third kappa shape index (κ3) is 3.37. The molecule has 3 amide bonds. The minimum absolute atomic E-state index is 0.0539. The fourth-order valence-corrected chi connectivity index (χ4v) is 5.96. The van der Waals surface area contributed by atoms with Crippen LogP contribution in [0.5, 0.6) is 0 Å². The number of amides is 3. The smallest absolute Gasteiger partial charge is 0.404 e. The highest BCUT2D eigenvalue weighted by Crippen LogP contribution is 2.48. The van der Waals surface area contributed by atoms with Crippen LogP contribution in [0.25, 0.3) is 0 Å². The van der Waals surface area contributed by atoms with Gasteiger partial charge in [-0.3, -0.25) is 14.5 Å². The number of nitrogens with zero attached hydrogens (tertiary/aromatic N) is 1. The first-order chi connectivity index (χ1) is 13.8. The summed E-state index contributed by atoms with van der Waals surface area (Å²) in [6.45, 7) is -0.345. The first-order valence-electron chi connectivity index (χ1n) is 8.48. The van der Waals surface area contributed by atoms with Crippen LogP contribution in [-0.4, -0.2) is 76.0 Å². The van der Waals surface area contributed by atoms with Crippen LogP contribution in [0.1, 0.15) is 6.42 Å². The second-order valence-electron chi connectivity index (χ2n) is 6.59. The molecule has 4 rings (SSSR count). The predicted octanol–water partition coefficient (Wildman–Crippen LogP) is -0.460. The van der Waals surface area contributed by atoms with E-state index in [2.05, 4.69) is 10.1 Å². The first-order valence-corrected chi connectivity index (χ1v) is 10.4. The van der Waals surface area contributed by atoms with Crippen molar-refractivity contribution in [3.63, 3.8) is 0 Å². The average Bonchev–Trinajstić information content (AvgIpc) is 3.28. The van der Waals surface area contributed by atoms with E-state index in [9.17, 15) is 24.3 Å². The molecule has 0 aliphatic carbocycles. The van der Waals surface area contributed by atoms with E-state index in [4.69, 9.17) is 15.2 Å². The molecule has 4 heterocycles. The molecule has 0 radical (unpaired) electrons. The van der Waals surface area contributed by atoms with E-state index in [1.165, 1.54) is 30.6 Å². The molecular weight excluding hydrogens is 426 g/mol. The Balaban J connectivity index is 1.50. The van der Waals surface area contributed by atoms with Crippen molar-refractivity contribution in [2.45, 2.75) is 29.1 Å². The van der Waals surface area contributed by atoms with Gasteiger partial charge >= 0.3 is 12.1 Å². The van der Waals surface area contributed by atoms with E-state index < -0.39 is 35.0 Å². The Hall–Kier alpha value is -2.22. The molecule has 0 aromatic heterocycles. The van der Waals surface area contributed by atoms with Crippen molar-refractivity contribution in [1.82, 2.24) is 10.2 Å². The van der Waals surface area contributed by atoms with Gasteiger partial charge in [0.2, 0.25) is 5.91 Å². The van der Waals surface area contributed by atoms with Gasteiger partial charge in [-0.05, 0) is 11.0 Å². The number of methoxy groups -OCH3 is 1. The normalized spacial score (nSPS) is 32.0. The van der Waals surface area contributed by atoms with Crippen LogP contribution in [0.2, 0.25) is 0 Å². The van der Waals surface area contributed by atoms with Crippen molar-refractivity contribution in [2.24, 2.45) is 5.73 Å². The molecule has 4 aliphatic heterocycles. The molecular formula is C16H17N3O8S2. The molecule has 0 aromatic carbocycles. The number of hydrogen-bond donors (Lipinski definition) is 3. The summed E-state index contributed by atoms with van der Waals surface area (Å²) in [4.78, 5) is 49.9. The zero-order chi connectivity index (χ0) is 20.9. The highest BCUT2D eigenvalue weighted by atomic mass is 32.2. The van der Waals surface area contributed by atoms with Gasteiger partial charge in [0.15, 0.2) is 0 Å². The third-order valence-electron chi connectivity index (χ3n) is 4.78. The number of carbonyl (C=O) groups excluding carboxylic acids is 3. The largest absolute Gasteiger partial charge is 0.477 e. The van der Waals surface area contributed by atoms with Crippen molar-refractivity contribution in [2.75, 3.05) is 19.5 Å². The highest BCUT2D eigenvalue weighted by Gasteiger charge is 2.66. The number of thioether (sulfide) groups is 2. The van der Waals surface area contributed by atoms with Gasteiger partial charge in [-0.15, -0.1) is 11.8 Å². The zero-order valence-electron chi connectivity index (χ0n) is 15.1. The summed E-state index contributed by atoms with van der Waals surface area (Å²) in [6.07, 6.45) is 0.952. The van der Waals surface area contributed by atoms with Gasteiger partial charge in [0.25, 0.3) is 11.6 Å². The SMILES string of the molecule is CO[C@@]1(NC(=O)CC2=CC3OC3S2)C(=O)N2C(C(=O)O)=C(COC(N)=O)CS[C@@H]21. The van der Waals surface area contributed by atoms with E-state index in [0.29, 0.717) is 0 Å². The van der Waals surface area contributed by atoms with Gasteiger partial charge < -0.3 is 30.4 Å². The van der Waals surface area contributed by atoms with Crippen LogP contribution in [-0.2, 0) is 28.6 Å². The van der Waals surface area contributed by atoms with Crippen molar-refractivity contribution >= 4 is 47.4 Å². The minimum atomic E-state index is -1.66. The first kappa shape index (κ1) is 20.1. The van der Waals surface area contributed by atoms with Crippen LogP contribution >= 0.6 is 23.5 Å². The lowest BCUT2D eigenvalue weighted by Crippen LogP contribution is -2.80. The number of aliphatic carboxylic acids is 1. The summed E-state index contributed by atoms with van der Waals surface area (Å²) in [5.41, 5.74) is 3.28. The molecule has 0 bridgehead atoms. The number of carboxylic acids is 1. The monoisotopic (exact) mass is 443 g/mol. The summed E-state index contributed by atoms with van der Waals surface area (Å²) in [7, 11) is 1.28. The topological polar surface area (TPSA) is 161 Å². The van der Waals surface area contributed by atoms with Crippen LogP contribution in [0.15, 0.2) is 22.3 Å². The Morgan fingerprint density at radius 2 is 2.24 bits per heavy atom. The predicted molar refractivity (Wildman–Crippen MR) is 100 cm³/mol. The van der Waals surface area contributed by atoms with Crippen molar-refractivity contribution < 1.29 is 38.5 Å². The fourth-order valence-electron chi connectivity index (χ4n) is 3.42. The maximum Gasteiger partial charge on any atom is 0.404 e. The standard InChI is InChI=1S/C16H17N3O8S2/c1-25-16(18-9(20)3-7-2-8-12(27-8)29-7)13(23)19-10(11(21)22)6(4-26-15(17)24)5-28-14(16)19/h2,8,12,14H,3-5H2,1H3,(H2,17,24)(H,18,20)(H,21,22)/t8?,12?,14-,16+/m1/s1. The molecule has 0 aromatic rings. The van der Waals surface area contributed by atoms with Crippen LogP contribution in [0, 0.1) is 0 Å². The van der Waals surface area contributed by atoms with E-state index >= 15 is 0 Å². The molecule has 2 saturated heterocycles. The molecule has 2 unspecified atom stereocenters. The lowest BCUT2D eigenvalue weighted by molar-refractivity contribution is -0.192. The summed E-state index contributed by atoms with van der Waals surface area (Å²) in [6, 6.07) is 0. The molecule has 13 heteroatoms.